The van der Waals surface area contributed by atoms with E-state index in [9.17, 15) is 19.5 Å². The van der Waals surface area contributed by atoms with E-state index in [4.69, 9.17) is 18.9 Å². The third-order valence-corrected chi connectivity index (χ3v) is 11.4. The molecule has 0 aromatic rings. The molecule has 0 aromatic heterocycles. The molecule has 1 N–H and O–H groups in total. The van der Waals surface area contributed by atoms with Crippen LogP contribution < -0.4 is 0 Å². The van der Waals surface area contributed by atoms with Crippen LogP contribution >= 0.6 is 0 Å². The van der Waals surface area contributed by atoms with Crippen LogP contribution in [0.1, 0.15) is 219 Å². The highest BCUT2D eigenvalue weighted by Gasteiger charge is 2.25. The first-order valence-corrected chi connectivity index (χ1v) is 27.1. The van der Waals surface area contributed by atoms with Gasteiger partial charge in [-0.3, -0.25) is 9.59 Å². The van der Waals surface area contributed by atoms with E-state index in [1.165, 1.54) is 96.3 Å². The maximum absolute atomic E-state index is 12.8. The van der Waals surface area contributed by atoms with Crippen molar-refractivity contribution in [2.24, 2.45) is 0 Å². The smallest absolute Gasteiger partial charge is 0.361 e. The van der Waals surface area contributed by atoms with Gasteiger partial charge in [-0.15, -0.1) is 0 Å². The summed E-state index contributed by atoms with van der Waals surface area (Å²) in [6.07, 6.45) is 59.7. The van der Waals surface area contributed by atoms with Gasteiger partial charge in [0.2, 0.25) is 0 Å². The Hall–Kier alpha value is -3.27. The van der Waals surface area contributed by atoms with Crippen LogP contribution in [0.2, 0.25) is 0 Å². The van der Waals surface area contributed by atoms with E-state index in [0.29, 0.717) is 17.4 Å². The van der Waals surface area contributed by atoms with Gasteiger partial charge in [-0.1, -0.05) is 196 Å². The lowest BCUT2D eigenvalue weighted by Gasteiger charge is -2.25. The average molecular weight is 941 g/mol. The highest BCUT2D eigenvalue weighted by Crippen LogP contribution is 2.15. The van der Waals surface area contributed by atoms with E-state index in [1.807, 2.05) is 21.1 Å². The van der Waals surface area contributed by atoms with E-state index in [1.54, 1.807) is 0 Å². The predicted octanol–water partition coefficient (Wildman–Crippen LogP) is 15.5. The van der Waals surface area contributed by atoms with Crippen molar-refractivity contribution in [3.8, 4) is 0 Å². The molecule has 0 rings (SSSR count). The van der Waals surface area contributed by atoms with Gasteiger partial charge in [-0.25, -0.2) is 4.79 Å². The van der Waals surface area contributed by atoms with E-state index in [2.05, 4.69) is 86.8 Å². The largest absolute Gasteiger partial charge is 0.477 e. The van der Waals surface area contributed by atoms with Crippen molar-refractivity contribution in [1.82, 2.24) is 0 Å². The van der Waals surface area contributed by atoms with Crippen molar-refractivity contribution >= 4 is 17.9 Å². The molecule has 386 valence electrons. The van der Waals surface area contributed by atoms with Gasteiger partial charge in [0.25, 0.3) is 6.29 Å². The third kappa shape index (κ3) is 50.4. The number of allylic oxidation sites excluding steroid dienone is 12. The van der Waals surface area contributed by atoms with Gasteiger partial charge in [-0.2, -0.15) is 0 Å². The van der Waals surface area contributed by atoms with Crippen LogP contribution in [0.5, 0.6) is 0 Å². The minimum absolute atomic E-state index is 0.181. The van der Waals surface area contributed by atoms with E-state index in [0.717, 1.165) is 89.9 Å². The van der Waals surface area contributed by atoms with Crippen LogP contribution in [0.25, 0.3) is 0 Å². The SMILES string of the molecule is CC/C=C\C/C=C\C/C=C\CCCCCCCC(=O)OCC(COC(OCC[N+](C)(C)C)C(=O)O)OC(=O)CCCCCCCCCCCCCC/C=C\C/C=C\C/C=C\CCCCCCC. The molecule has 2 unspecified atom stereocenters. The Morgan fingerprint density at radius 1 is 0.463 bits per heavy atom. The second-order valence-corrected chi connectivity index (χ2v) is 19.2. The summed E-state index contributed by atoms with van der Waals surface area (Å²) in [5.74, 6) is -2.03. The molecule has 0 aliphatic heterocycles. The fourth-order valence-electron chi connectivity index (χ4n) is 7.27. The van der Waals surface area contributed by atoms with Gasteiger partial charge in [0, 0.05) is 12.8 Å². The summed E-state index contributed by atoms with van der Waals surface area (Å²) in [5, 5.41) is 9.68. The molecular weight excluding hydrogens is 839 g/mol. The monoisotopic (exact) mass is 941 g/mol. The van der Waals surface area contributed by atoms with Gasteiger partial charge in [0.05, 0.1) is 34.4 Å². The summed E-state index contributed by atoms with van der Waals surface area (Å²) in [6, 6.07) is 0. The number of quaternary nitrogens is 1. The van der Waals surface area contributed by atoms with Crippen molar-refractivity contribution in [1.29, 1.82) is 0 Å². The van der Waals surface area contributed by atoms with Crippen LogP contribution in [0, 0.1) is 0 Å². The van der Waals surface area contributed by atoms with Crippen LogP contribution in [0.4, 0.5) is 0 Å². The van der Waals surface area contributed by atoms with Gasteiger partial charge < -0.3 is 28.5 Å². The molecule has 0 fully saturated rings. The Balaban J connectivity index is 4.27. The number of nitrogens with zero attached hydrogens (tertiary/aromatic N) is 1. The zero-order chi connectivity index (χ0) is 49.2. The number of aliphatic carboxylic acids is 1. The quantitative estimate of drug-likeness (QED) is 0.0211. The van der Waals surface area contributed by atoms with E-state index >= 15 is 0 Å². The number of carboxylic acid groups (broad SMARTS) is 1. The molecule has 67 heavy (non-hydrogen) atoms. The molecule has 9 heteroatoms. The maximum atomic E-state index is 12.8. The minimum Gasteiger partial charge on any atom is -0.477 e. The number of hydrogen-bond acceptors (Lipinski definition) is 7. The molecule has 0 aromatic carbocycles. The predicted molar refractivity (Wildman–Crippen MR) is 281 cm³/mol. The minimum atomic E-state index is -1.52. The molecule has 0 aliphatic carbocycles. The summed E-state index contributed by atoms with van der Waals surface area (Å²) in [7, 11) is 5.95. The fraction of sp³-hybridized carbons (Fsp3) is 0.741. The molecule has 2 atom stereocenters. The normalized spacial score (nSPS) is 13.4. The topological polar surface area (TPSA) is 108 Å². The van der Waals surface area contributed by atoms with Gasteiger partial charge >= 0.3 is 17.9 Å². The molecule has 0 spiro atoms. The van der Waals surface area contributed by atoms with Crippen LogP contribution in [0.15, 0.2) is 72.9 Å². The summed E-state index contributed by atoms with van der Waals surface area (Å²) in [4.78, 5) is 37.3. The Morgan fingerprint density at radius 2 is 0.851 bits per heavy atom. The first-order valence-electron chi connectivity index (χ1n) is 27.1. The lowest BCUT2D eigenvalue weighted by molar-refractivity contribution is -0.870. The molecule has 0 radical (unpaired) electrons. The zero-order valence-corrected chi connectivity index (χ0v) is 43.8. The Kier molecular flexibility index (Phi) is 46.8. The number of hydrogen-bond donors (Lipinski definition) is 1. The lowest BCUT2D eigenvalue weighted by Crippen LogP contribution is -2.40. The third-order valence-electron chi connectivity index (χ3n) is 11.4. The Bertz CT molecular complexity index is 1330. The van der Waals surface area contributed by atoms with Crippen molar-refractivity contribution < 1.29 is 42.9 Å². The summed E-state index contributed by atoms with van der Waals surface area (Å²) in [5.41, 5.74) is 0. The number of esters is 2. The number of carboxylic acids is 1. The molecule has 0 amide bonds. The van der Waals surface area contributed by atoms with Gasteiger partial charge in [0.15, 0.2) is 6.10 Å². The second-order valence-electron chi connectivity index (χ2n) is 19.2. The number of rotatable bonds is 49. The average Bonchev–Trinajstić information content (AvgIpc) is 3.29. The van der Waals surface area contributed by atoms with Crippen molar-refractivity contribution in [2.75, 3.05) is 47.5 Å². The standard InChI is InChI=1S/C58H101NO8/c1-6-8-10-12-14-16-18-20-22-23-24-25-26-27-28-29-30-31-32-33-35-37-39-41-43-45-47-49-56(61)67-54(53-66-58(57(62)63)64-51-50-59(3,4)5)52-65-55(60)48-46-44-42-40-38-36-34-21-19-17-15-13-11-9-7-2/h9,11,15,17-18,20-21,23-24,26-27,34,54,58H,6-8,10,12-14,16,19,22,25,28-33,35-53H2,1-5H3/p+1/b11-9-,17-15-,20-18-,24-23-,27-26-,34-21-. The van der Waals surface area contributed by atoms with Crippen LogP contribution in [-0.2, 0) is 33.3 Å². The molecule has 0 bridgehead atoms. The van der Waals surface area contributed by atoms with Crippen LogP contribution in [-0.4, -0.2) is 87.4 Å². The van der Waals surface area contributed by atoms with Crippen molar-refractivity contribution in [2.45, 2.75) is 232 Å². The summed E-state index contributed by atoms with van der Waals surface area (Å²) < 4.78 is 22.8. The molecule has 9 nitrogen and oxygen atoms in total. The van der Waals surface area contributed by atoms with Gasteiger partial charge in [0.1, 0.15) is 13.2 Å². The lowest BCUT2D eigenvalue weighted by atomic mass is 10.0. The van der Waals surface area contributed by atoms with E-state index in [-0.39, 0.29) is 38.6 Å². The number of unbranched alkanes of at least 4 members (excludes halogenated alkanes) is 22. The maximum Gasteiger partial charge on any atom is 0.361 e. The number of carbonyl (C=O) groups is 3. The van der Waals surface area contributed by atoms with Crippen molar-refractivity contribution in [3.63, 3.8) is 0 Å². The molecule has 0 heterocycles. The summed E-state index contributed by atoms with van der Waals surface area (Å²) in [6.45, 7) is 4.73. The Labute approximate surface area is 411 Å². The first-order chi connectivity index (χ1) is 32.6. The molecular formula is C58H102NO8+. The number of carbonyl (C=O) groups excluding carboxylic acids is 2. The number of likely N-dealkylation sites (N-methyl/N-ethyl adjacent to an activating group) is 1. The van der Waals surface area contributed by atoms with E-state index < -0.39 is 24.3 Å². The highest BCUT2D eigenvalue weighted by atomic mass is 16.7. The van der Waals surface area contributed by atoms with Crippen molar-refractivity contribution in [3.05, 3.63) is 72.9 Å². The number of ether oxygens (including phenoxy) is 4. The highest BCUT2D eigenvalue weighted by molar-refractivity contribution is 5.71. The van der Waals surface area contributed by atoms with Gasteiger partial charge in [-0.05, 0) is 83.5 Å². The molecule has 0 saturated carbocycles. The van der Waals surface area contributed by atoms with Crippen LogP contribution in [0.3, 0.4) is 0 Å². The molecule has 0 saturated heterocycles. The summed E-state index contributed by atoms with van der Waals surface area (Å²) >= 11 is 0. The molecule has 0 aliphatic rings. The second kappa shape index (κ2) is 49.2. The zero-order valence-electron chi connectivity index (χ0n) is 43.8. The fourth-order valence-corrected chi connectivity index (χ4v) is 7.27. The first kappa shape index (κ1) is 63.7. The Morgan fingerprint density at radius 3 is 1.27 bits per heavy atom.